The highest BCUT2D eigenvalue weighted by molar-refractivity contribution is 9.10. The maximum atomic E-state index is 13.4. The summed E-state index contributed by atoms with van der Waals surface area (Å²) in [5, 5.41) is 13.7. The molecule has 0 amide bonds. The summed E-state index contributed by atoms with van der Waals surface area (Å²) in [6.45, 7) is 1.79. The Hall–Kier alpha value is -2.02. The number of nitrogens with one attached hydrogen (secondary N) is 1. The highest BCUT2D eigenvalue weighted by Gasteiger charge is 2.13. The number of non-ortho nitro benzene ring substituents is 1. The lowest BCUT2D eigenvalue weighted by Crippen LogP contribution is -2.07. The van der Waals surface area contributed by atoms with Gasteiger partial charge in [-0.05, 0) is 46.6 Å². The Labute approximate surface area is 128 Å². The van der Waals surface area contributed by atoms with Gasteiger partial charge in [-0.25, -0.2) is 8.78 Å². The van der Waals surface area contributed by atoms with Crippen molar-refractivity contribution >= 4 is 27.3 Å². The van der Waals surface area contributed by atoms with Gasteiger partial charge in [0.25, 0.3) is 5.69 Å². The normalized spacial score (nSPS) is 12.0. The number of hydrogen-bond donors (Lipinski definition) is 1. The van der Waals surface area contributed by atoms with E-state index in [0.717, 1.165) is 11.6 Å². The van der Waals surface area contributed by atoms with Crippen LogP contribution in [0.2, 0.25) is 0 Å². The molecule has 0 saturated heterocycles. The van der Waals surface area contributed by atoms with E-state index in [1.807, 2.05) is 0 Å². The molecule has 2 aromatic carbocycles. The van der Waals surface area contributed by atoms with E-state index in [1.54, 1.807) is 19.1 Å². The minimum atomic E-state index is -0.695. The minimum absolute atomic E-state index is 0.275. The molecule has 0 bridgehead atoms. The predicted molar refractivity (Wildman–Crippen MR) is 79.2 cm³/mol. The second kappa shape index (κ2) is 6.17. The first-order valence-electron chi connectivity index (χ1n) is 6.03. The standard InChI is InChI=1S/C14H11BrF2N2O2/c1-8(9-2-3-14(17)13(15)4-9)18-11-5-10(16)6-12(7-11)19(20)21/h2-8,18H,1H3. The minimum Gasteiger partial charge on any atom is -0.378 e. The van der Waals surface area contributed by atoms with Gasteiger partial charge in [0.1, 0.15) is 11.6 Å². The molecule has 0 aliphatic heterocycles. The van der Waals surface area contributed by atoms with Gasteiger partial charge in [0.05, 0.1) is 15.5 Å². The van der Waals surface area contributed by atoms with Crippen molar-refractivity contribution in [1.29, 1.82) is 0 Å². The molecule has 2 aromatic rings. The first kappa shape index (κ1) is 15.4. The van der Waals surface area contributed by atoms with E-state index in [2.05, 4.69) is 21.2 Å². The van der Waals surface area contributed by atoms with Crippen molar-refractivity contribution in [3.8, 4) is 0 Å². The van der Waals surface area contributed by atoms with Crippen LogP contribution in [0.3, 0.4) is 0 Å². The molecule has 0 aliphatic rings. The lowest BCUT2D eigenvalue weighted by atomic mass is 10.1. The fourth-order valence-corrected chi connectivity index (χ4v) is 2.27. The highest BCUT2D eigenvalue weighted by Crippen LogP contribution is 2.26. The fourth-order valence-electron chi connectivity index (χ4n) is 1.88. The van der Waals surface area contributed by atoms with Crippen LogP contribution in [0.15, 0.2) is 40.9 Å². The Kier molecular flexibility index (Phi) is 4.52. The third kappa shape index (κ3) is 3.75. The summed E-state index contributed by atoms with van der Waals surface area (Å²) in [4.78, 5) is 10.0. The number of hydrogen-bond acceptors (Lipinski definition) is 3. The van der Waals surface area contributed by atoms with Crippen molar-refractivity contribution in [2.45, 2.75) is 13.0 Å². The molecule has 0 aliphatic carbocycles. The lowest BCUT2D eigenvalue weighted by Gasteiger charge is -2.16. The van der Waals surface area contributed by atoms with Crippen molar-refractivity contribution in [3.05, 3.63) is 68.2 Å². The van der Waals surface area contributed by atoms with E-state index in [1.165, 1.54) is 18.2 Å². The van der Waals surface area contributed by atoms with Crippen molar-refractivity contribution in [2.24, 2.45) is 0 Å². The molecule has 0 radical (unpaired) electrons. The zero-order valence-electron chi connectivity index (χ0n) is 10.9. The molecule has 2 rings (SSSR count). The summed E-state index contributed by atoms with van der Waals surface area (Å²) >= 11 is 3.09. The number of rotatable bonds is 4. The lowest BCUT2D eigenvalue weighted by molar-refractivity contribution is -0.385. The summed E-state index contributed by atoms with van der Waals surface area (Å²) < 4.78 is 26.9. The highest BCUT2D eigenvalue weighted by atomic mass is 79.9. The van der Waals surface area contributed by atoms with E-state index < -0.39 is 10.7 Å². The maximum Gasteiger partial charge on any atom is 0.274 e. The summed E-state index contributed by atoms with van der Waals surface area (Å²) in [6.07, 6.45) is 0. The van der Waals surface area contributed by atoms with Gasteiger partial charge < -0.3 is 5.32 Å². The third-order valence-electron chi connectivity index (χ3n) is 2.92. The molecule has 21 heavy (non-hydrogen) atoms. The van der Waals surface area contributed by atoms with Gasteiger partial charge in [-0.2, -0.15) is 0 Å². The maximum absolute atomic E-state index is 13.4. The van der Waals surface area contributed by atoms with Crippen LogP contribution in [0.5, 0.6) is 0 Å². The molecular weight excluding hydrogens is 346 g/mol. The van der Waals surface area contributed by atoms with Gasteiger partial charge in [-0.1, -0.05) is 6.07 Å². The molecule has 0 heterocycles. The molecule has 0 fully saturated rings. The average molecular weight is 357 g/mol. The monoisotopic (exact) mass is 356 g/mol. The van der Waals surface area contributed by atoms with Gasteiger partial charge in [-0.15, -0.1) is 0 Å². The van der Waals surface area contributed by atoms with E-state index >= 15 is 0 Å². The summed E-state index contributed by atoms with van der Waals surface area (Å²) in [5.74, 6) is -1.08. The predicted octanol–water partition coefficient (Wildman–Crippen LogP) is 4.81. The zero-order chi connectivity index (χ0) is 15.6. The summed E-state index contributed by atoms with van der Waals surface area (Å²) in [5.41, 5.74) is 0.717. The van der Waals surface area contributed by atoms with E-state index in [0.29, 0.717) is 4.47 Å². The second-order valence-electron chi connectivity index (χ2n) is 4.49. The Balaban J connectivity index is 2.24. The molecular formula is C14H11BrF2N2O2. The molecule has 0 saturated carbocycles. The van der Waals surface area contributed by atoms with Gasteiger partial charge in [-0.3, -0.25) is 10.1 Å². The second-order valence-corrected chi connectivity index (χ2v) is 5.35. The molecule has 1 unspecified atom stereocenters. The number of anilines is 1. The summed E-state index contributed by atoms with van der Waals surface area (Å²) in [6, 6.07) is 7.49. The molecule has 1 N–H and O–H groups in total. The van der Waals surface area contributed by atoms with Gasteiger partial charge in [0.2, 0.25) is 0 Å². The number of nitrogens with zero attached hydrogens (tertiary/aromatic N) is 1. The van der Waals surface area contributed by atoms with Crippen LogP contribution in [0.1, 0.15) is 18.5 Å². The first-order chi connectivity index (χ1) is 9.86. The molecule has 7 heteroatoms. The Morgan fingerprint density at radius 2 is 1.95 bits per heavy atom. The van der Waals surface area contributed by atoms with Gasteiger partial charge >= 0.3 is 0 Å². The van der Waals surface area contributed by atoms with E-state index in [4.69, 9.17) is 0 Å². The molecule has 0 aromatic heterocycles. The van der Waals surface area contributed by atoms with E-state index in [9.17, 15) is 18.9 Å². The number of benzene rings is 2. The first-order valence-corrected chi connectivity index (χ1v) is 6.82. The summed E-state index contributed by atoms with van der Waals surface area (Å²) in [7, 11) is 0. The van der Waals surface area contributed by atoms with Crippen LogP contribution in [-0.4, -0.2) is 4.92 Å². The van der Waals surface area contributed by atoms with Crippen molar-refractivity contribution in [2.75, 3.05) is 5.32 Å². The molecule has 1 atom stereocenters. The average Bonchev–Trinajstić information content (AvgIpc) is 2.41. The Morgan fingerprint density at radius 3 is 2.57 bits per heavy atom. The molecule has 4 nitrogen and oxygen atoms in total. The Bertz CT molecular complexity index is 695. The van der Waals surface area contributed by atoms with Crippen LogP contribution < -0.4 is 5.32 Å². The SMILES string of the molecule is CC(Nc1cc(F)cc([N+](=O)[O-])c1)c1ccc(F)c(Br)c1. The third-order valence-corrected chi connectivity index (χ3v) is 3.53. The van der Waals surface area contributed by atoms with Gasteiger partial charge in [0, 0.05) is 17.8 Å². The number of halogens is 3. The van der Waals surface area contributed by atoms with Crippen LogP contribution in [0, 0.1) is 21.7 Å². The van der Waals surface area contributed by atoms with Gasteiger partial charge in [0.15, 0.2) is 0 Å². The number of nitro groups is 1. The van der Waals surface area contributed by atoms with E-state index in [-0.39, 0.29) is 23.2 Å². The molecule has 110 valence electrons. The van der Waals surface area contributed by atoms with Crippen molar-refractivity contribution < 1.29 is 13.7 Å². The smallest absolute Gasteiger partial charge is 0.274 e. The van der Waals surface area contributed by atoms with Crippen LogP contribution in [0.25, 0.3) is 0 Å². The quantitative estimate of drug-likeness (QED) is 0.631. The van der Waals surface area contributed by atoms with Crippen LogP contribution in [-0.2, 0) is 0 Å². The largest absolute Gasteiger partial charge is 0.378 e. The zero-order valence-corrected chi connectivity index (χ0v) is 12.5. The van der Waals surface area contributed by atoms with Crippen molar-refractivity contribution in [3.63, 3.8) is 0 Å². The van der Waals surface area contributed by atoms with Crippen molar-refractivity contribution in [1.82, 2.24) is 0 Å². The van der Waals surface area contributed by atoms with Crippen LogP contribution >= 0.6 is 15.9 Å². The topological polar surface area (TPSA) is 55.2 Å². The Morgan fingerprint density at radius 1 is 1.24 bits per heavy atom. The fraction of sp³-hybridized carbons (Fsp3) is 0.143. The van der Waals surface area contributed by atoms with Crippen LogP contribution in [0.4, 0.5) is 20.2 Å². The molecule has 0 spiro atoms. The number of nitro benzene ring substituents is 1.